The molecule has 0 aliphatic heterocycles. The summed E-state index contributed by atoms with van der Waals surface area (Å²) in [7, 11) is 0. The highest BCUT2D eigenvalue weighted by atomic mass is 19.4. The molecule has 0 bridgehead atoms. The van der Waals surface area contributed by atoms with Gasteiger partial charge in [-0.25, -0.2) is 4.79 Å². The van der Waals surface area contributed by atoms with Crippen molar-refractivity contribution in [3.8, 4) is 11.5 Å². The first-order valence-corrected chi connectivity index (χ1v) is 11.8. The molecule has 3 rings (SSSR count). The topological polar surface area (TPSA) is 85.9 Å². The van der Waals surface area contributed by atoms with E-state index in [1.165, 1.54) is 24.3 Å². The lowest BCUT2D eigenvalue weighted by Gasteiger charge is -2.37. The highest BCUT2D eigenvalue weighted by Gasteiger charge is 2.39. The fourth-order valence-corrected chi connectivity index (χ4v) is 3.98. The second-order valence-corrected chi connectivity index (χ2v) is 8.33. The molecule has 0 unspecified atom stereocenters. The molecule has 40 heavy (non-hydrogen) atoms. The number of urea groups is 1. The molecule has 0 aromatic heterocycles. The van der Waals surface area contributed by atoms with Crippen LogP contribution in [0.25, 0.3) is 0 Å². The highest BCUT2D eigenvalue weighted by Crippen LogP contribution is 2.38. The molecule has 7 nitrogen and oxygen atoms in total. The minimum absolute atomic E-state index is 0.0357. The lowest BCUT2D eigenvalue weighted by atomic mass is 9.77. The quantitative estimate of drug-likeness (QED) is 0.237. The Kier molecular flexibility index (Phi) is 9.51. The zero-order valence-electron chi connectivity index (χ0n) is 20.9. The van der Waals surface area contributed by atoms with Crippen LogP contribution < -0.4 is 20.1 Å². The minimum Gasteiger partial charge on any atom is -0.465 e. The highest BCUT2D eigenvalue weighted by molar-refractivity contribution is 5.82. The molecule has 0 spiro atoms. The van der Waals surface area contributed by atoms with Gasteiger partial charge in [-0.1, -0.05) is 54.6 Å². The van der Waals surface area contributed by atoms with Crippen LogP contribution in [0.2, 0.25) is 0 Å². The van der Waals surface area contributed by atoms with Crippen molar-refractivity contribution < 1.29 is 50.1 Å². The number of carbonyl (C=O) groups excluding carboxylic acids is 2. The molecule has 0 heterocycles. The zero-order valence-corrected chi connectivity index (χ0v) is 20.9. The van der Waals surface area contributed by atoms with Crippen molar-refractivity contribution in [3.63, 3.8) is 0 Å². The second-order valence-electron chi connectivity index (χ2n) is 8.33. The summed E-state index contributed by atoms with van der Waals surface area (Å²) in [6, 6.07) is 16.8. The Balaban J connectivity index is 2.19. The number of ether oxygens (including phenoxy) is 3. The van der Waals surface area contributed by atoms with Crippen molar-refractivity contribution in [2.45, 2.75) is 31.6 Å². The SMILES string of the molecule is CCOC(=O)CNC(=O)NC(Cc1ccccc1)(c1cccc(OC(F)(F)F)c1)c1cccc(OC(F)(F)F)c1. The van der Waals surface area contributed by atoms with Crippen molar-refractivity contribution >= 4 is 12.0 Å². The van der Waals surface area contributed by atoms with E-state index in [2.05, 4.69) is 20.1 Å². The maximum Gasteiger partial charge on any atom is 0.573 e. The number of nitrogens with one attached hydrogen (secondary N) is 2. The van der Waals surface area contributed by atoms with Gasteiger partial charge in [-0.3, -0.25) is 4.79 Å². The largest absolute Gasteiger partial charge is 0.573 e. The number of hydrogen-bond acceptors (Lipinski definition) is 5. The normalized spacial score (nSPS) is 11.9. The summed E-state index contributed by atoms with van der Waals surface area (Å²) < 4.78 is 91.1. The molecule has 0 aliphatic carbocycles. The summed E-state index contributed by atoms with van der Waals surface area (Å²) in [5.74, 6) is -2.01. The van der Waals surface area contributed by atoms with Gasteiger partial charge in [0.2, 0.25) is 0 Å². The van der Waals surface area contributed by atoms with Crippen LogP contribution in [-0.2, 0) is 21.5 Å². The van der Waals surface area contributed by atoms with Crippen LogP contribution in [0.4, 0.5) is 31.1 Å². The zero-order chi connectivity index (χ0) is 29.4. The predicted molar refractivity (Wildman–Crippen MR) is 130 cm³/mol. The van der Waals surface area contributed by atoms with Crippen LogP contribution in [0.1, 0.15) is 23.6 Å². The van der Waals surface area contributed by atoms with E-state index in [0.29, 0.717) is 5.56 Å². The summed E-state index contributed by atoms with van der Waals surface area (Å²) in [5, 5.41) is 4.96. The van der Waals surface area contributed by atoms with Gasteiger partial charge in [0.15, 0.2) is 0 Å². The van der Waals surface area contributed by atoms with E-state index in [1.54, 1.807) is 37.3 Å². The van der Waals surface area contributed by atoms with E-state index in [-0.39, 0.29) is 24.2 Å². The molecule has 0 radical (unpaired) electrons. The Hall–Kier alpha value is -4.42. The first kappa shape index (κ1) is 30.1. The average molecular weight is 570 g/mol. The Morgan fingerprint density at radius 2 is 1.27 bits per heavy atom. The summed E-state index contributed by atoms with van der Waals surface area (Å²) >= 11 is 0. The molecule has 0 fully saturated rings. The maximum atomic E-state index is 13.1. The van der Waals surface area contributed by atoms with Crippen molar-refractivity contribution in [1.29, 1.82) is 0 Å². The molecule has 3 aromatic rings. The van der Waals surface area contributed by atoms with Crippen molar-refractivity contribution in [3.05, 3.63) is 95.6 Å². The molecule has 214 valence electrons. The summed E-state index contributed by atoms with van der Waals surface area (Å²) in [4.78, 5) is 24.9. The van der Waals surface area contributed by atoms with Gasteiger partial charge in [-0.2, -0.15) is 0 Å². The van der Waals surface area contributed by atoms with E-state index in [4.69, 9.17) is 4.74 Å². The van der Waals surface area contributed by atoms with E-state index in [9.17, 15) is 35.9 Å². The van der Waals surface area contributed by atoms with Crippen molar-refractivity contribution in [1.82, 2.24) is 10.6 Å². The number of alkyl halides is 6. The van der Waals surface area contributed by atoms with Crippen LogP contribution in [0.5, 0.6) is 11.5 Å². The Labute approximate surface area is 225 Å². The molecule has 13 heteroatoms. The smallest absolute Gasteiger partial charge is 0.465 e. The molecular weight excluding hydrogens is 546 g/mol. The lowest BCUT2D eigenvalue weighted by molar-refractivity contribution is -0.275. The van der Waals surface area contributed by atoms with Gasteiger partial charge >= 0.3 is 24.7 Å². The third-order valence-corrected chi connectivity index (χ3v) is 5.46. The molecular formula is C27H24F6N2O5. The van der Waals surface area contributed by atoms with Crippen LogP contribution in [-0.4, -0.2) is 37.9 Å². The Bertz CT molecular complexity index is 1240. The van der Waals surface area contributed by atoms with Crippen molar-refractivity contribution in [2.75, 3.05) is 13.2 Å². The maximum absolute atomic E-state index is 13.1. The fraction of sp³-hybridized carbons (Fsp3) is 0.259. The first-order chi connectivity index (χ1) is 18.8. The Morgan fingerprint density at radius 1 is 0.750 bits per heavy atom. The second kappa shape index (κ2) is 12.6. The molecule has 0 saturated carbocycles. The minimum atomic E-state index is -5.04. The monoisotopic (exact) mass is 570 g/mol. The summed E-state index contributed by atoms with van der Waals surface area (Å²) in [6.07, 6.45) is -10.2. The Morgan fingerprint density at radius 3 is 1.75 bits per heavy atom. The first-order valence-electron chi connectivity index (χ1n) is 11.8. The third-order valence-electron chi connectivity index (χ3n) is 5.46. The van der Waals surface area contributed by atoms with E-state index < -0.39 is 48.3 Å². The standard InChI is InChI=1S/C27H24F6N2O5/c1-2-38-23(36)17-34-24(37)35-25(16-18-8-4-3-5-9-18,19-10-6-12-21(14-19)39-26(28,29)30)20-11-7-13-22(15-20)40-27(31,32)33/h3-15H,2,16-17H2,1H3,(H2,34,35,37). The number of rotatable bonds is 10. The van der Waals surface area contributed by atoms with E-state index in [1.807, 2.05) is 0 Å². The van der Waals surface area contributed by atoms with Gasteiger partial charge in [0.25, 0.3) is 0 Å². The fourth-order valence-electron chi connectivity index (χ4n) is 3.98. The average Bonchev–Trinajstić information content (AvgIpc) is 2.86. The number of carbonyl (C=O) groups is 2. The number of amides is 2. The van der Waals surface area contributed by atoms with Gasteiger partial charge in [0.05, 0.1) is 12.1 Å². The predicted octanol–water partition coefficient (Wildman–Crippen LogP) is 5.83. The number of hydrogen-bond donors (Lipinski definition) is 2. The molecule has 0 aliphatic rings. The number of halogens is 6. The number of benzene rings is 3. The third kappa shape index (κ3) is 8.82. The molecule has 2 amide bonds. The van der Waals surface area contributed by atoms with Gasteiger partial charge in [-0.15, -0.1) is 26.3 Å². The summed E-state index contributed by atoms with van der Waals surface area (Å²) in [5.41, 5.74) is -1.14. The van der Waals surface area contributed by atoms with Crippen molar-refractivity contribution in [2.24, 2.45) is 0 Å². The molecule has 2 N–H and O–H groups in total. The molecule has 3 aromatic carbocycles. The van der Waals surface area contributed by atoms with Crippen LogP contribution in [0.3, 0.4) is 0 Å². The number of esters is 1. The lowest BCUT2D eigenvalue weighted by Crippen LogP contribution is -2.53. The van der Waals surface area contributed by atoms with E-state index in [0.717, 1.165) is 24.3 Å². The van der Waals surface area contributed by atoms with Gasteiger partial charge in [0.1, 0.15) is 18.0 Å². The van der Waals surface area contributed by atoms with Crippen LogP contribution in [0.15, 0.2) is 78.9 Å². The summed E-state index contributed by atoms with van der Waals surface area (Å²) in [6.45, 7) is 1.07. The van der Waals surface area contributed by atoms with Gasteiger partial charge in [-0.05, 0) is 47.9 Å². The molecule has 0 saturated heterocycles. The van der Waals surface area contributed by atoms with Gasteiger partial charge in [0, 0.05) is 6.42 Å². The van der Waals surface area contributed by atoms with Crippen LogP contribution in [0, 0.1) is 0 Å². The van der Waals surface area contributed by atoms with Gasteiger partial charge < -0.3 is 24.8 Å². The van der Waals surface area contributed by atoms with Crippen LogP contribution >= 0.6 is 0 Å². The van der Waals surface area contributed by atoms with E-state index >= 15 is 0 Å². The molecule has 0 atom stereocenters.